The fraction of sp³-hybridized carbons (Fsp3) is 0.500. The van der Waals surface area contributed by atoms with Crippen LogP contribution in [-0.4, -0.2) is 0 Å². The molecule has 76 valence electrons. The van der Waals surface area contributed by atoms with Crippen LogP contribution in [0.5, 0.6) is 0 Å². The molecule has 0 saturated carbocycles. The summed E-state index contributed by atoms with van der Waals surface area (Å²) < 4.78 is 0. The molecule has 0 amide bonds. The molecule has 0 aliphatic rings. The molecule has 0 N–H and O–H groups in total. The lowest BCUT2D eigenvalue weighted by Crippen LogP contribution is -2.01. The lowest BCUT2D eigenvalue weighted by Gasteiger charge is -2.13. The van der Waals surface area contributed by atoms with E-state index in [2.05, 4.69) is 50.6 Å². The minimum absolute atomic E-state index is 0.646. The molecule has 0 heteroatoms. The van der Waals surface area contributed by atoms with Gasteiger partial charge in [-0.05, 0) is 24.3 Å². The van der Waals surface area contributed by atoms with Gasteiger partial charge in [0.05, 0.1) is 0 Å². The summed E-state index contributed by atoms with van der Waals surface area (Å²) in [6, 6.07) is 10.5. The van der Waals surface area contributed by atoms with E-state index < -0.39 is 0 Å². The molecule has 0 fully saturated rings. The van der Waals surface area contributed by atoms with Gasteiger partial charge in [0.25, 0.3) is 0 Å². The average molecular weight is 188 g/mol. The van der Waals surface area contributed by atoms with Crippen LogP contribution in [0.25, 0.3) is 0 Å². The molecule has 0 aliphatic heterocycles. The van der Waals surface area contributed by atoms with Crippen molar-refractivity contribution in [3.63, 3.8) is 0 Å². The second-order valence-electron chi connectivity index (χ2n) is 3.78. The van der Waals surface area contributed by atoms with Gasteiger partial charge >= 0.3 is 0 Å². The standard InChI is InChI=1S/C14H20/c1-3-8-13(9-4-2)12-14-10-6-5-7-11-14/h5-7,10-11,13H,3-4,8-9H2,1-2H3. The van der Waals surface area contributed by atoms with Gasteiger partial charge in [-0.2, -0.15) is 0 Å². The molecule has 0 heterocycles. The Labute approximate surface area is 88.4 Å². The molecule has 0 aliphatic carbocycles. The molecule has 1 rings (SSSR count). The highest BCUT2D eigenvalue weighted by molar-refractivity contribution is 5.23. The number of hydrogen-bond acceptors (Lipinski definition) is 0. The molecule has 0 atom stereocenters. The van der Waals surface area contributed by atoms with Crippen molar-refractivity contribution in [1.29, 1.82) is 0 Å². The molecule has 0 aromatic heterocycles. The molecule has 0 saturated heterocycles. The molecule has 2 radical (unpaired) electrons. The lowest BCUT2D eigenvalue weighted by molar-refractivity contribution is 0.505. The van der Waals surface area contributed by atoms with E-state index in [4.69, 9.17) is 0 Å². The smallest absolute Gasteiger partial charge is 0.0198 e. The topological polar surface area (TPSA) is 0 Å². The fourth-order valence-electron chi connectivity index (χ4n) is 1.76. The van der Waals surface area contributed by atoms with E-state index in [1.807, 2.05) is 0 Å². The summed E-state index contributed by atoms with van der Waals surface area (Å²) in [6.45, 7) is 4.49. The molecule has 0 bridgehead atoms. The van der Waals surface area contributed by atoms with Crippen LogP contribution in [0.3, 0.4) is 0 Å². The zero-order valence-corrected chi connectivity index (χ0v) is 9.29. The van der Waals surface area contributed by atoms with E-state index in [1.165, 1.54) is 31.2 Å². The highest BCUT2D eigenvalue weighted by Gasteiger charge is 2.07. The highest BCUT2D eigenvalue weighted by atomic mass is 14.1. The zero-order valence-electron chi connectivity index (χ0n) is 9.29. The number of benzene rings is 1. The molecular formula is C14H20. The Morgan fingerprint density at radius 2 is 1.57 bits per heavy atom. The monoisotopic (exact) mass is 188 g/mol. The molecular weight excluding hydrogens is 168 g/mol. The van der Waals surface area contributed by atoms with Gasteiger partial charge in [-0.15, -0.1) is 0 Å². The molecule has 14 heavy (non-hydrogen) atoms. The van der Waals surface area contributed by atoms with Crippen molar-refractivity contribution in [2.75, 3.05) is 0 Å². The van der Waals surface area contributed by atoms with E-state index in [9.17, 15) is 0 Å². The van der Waals surface area contributed by atoms with Gasteiger partial charge in [-0.1, -0.05) is 57.0 Å². The Hall–Kier alpha value is -0.780. The third kappa shape index (κ3) is 3.95. The van der Waals surface area contributed by atoms with Crippen LogP contribution < -0.4 is 0 Å². The van der Waals surface area contributed by atoms with Crippen LogP contribution in [0.1, 0.15) is 45.1 Å². The van der Waals surface area contributed by atoms with E-state index in [0.29, 0.717) is 5.92 Å². The first-order chi connectivity index (χ1) is 6.86. The highest BCUT2D eigenvalue weighted by Crippen LogP contribution is 2.20. The van der Waals surface area contributed by atoms with Gasteiger partial charge in [0.15, 0.2) is 0 Å². The van der Waals surface area contributed by atoms with Crippen LogP contribution in [0.2, 0.25) is 0 Å². The zero-order chi connectivity index (χ0) is 10.2. The third-order valence-electron chi connectivity index (χ3n) is 2.42. The second kappa shape index (κ2) is 6.64. The maximum Gasteiger partial charge on any atom is 0.0198 e. The summed E-state index contributed by atoms with van der Waals surface area (Å²) in [5, 5.41) is 0. The summed E-state index contributed by atoms with van der Waals surface area (Å²) in [5.41, 5.74) is 1.25. The molecule has 0 unspecified atom stereocenters. The van der Waals surface area contributed by atoms with Crippen molar-refractivity contribution in [1.82, 2.24) is 0 Å². The Morgan fingerprint density at radius 3 is 2.07 bits per heavy atom. The minimum atomic E-state index is 0.646. The quantitative estimate of drug-likeness (QED) is 0.623. The first-order valence-electron chi connectivity index (χ1n) is 5.68. The largest absolute Gasteiger partial charge is 0.0654 e. The Kier molecular flexibility index (Phi) is 5.36. The van der Waals surface area contributed by atoms with Gasteiger partial charge < -0.3 is 0 Å². The van der Waals surface area contributed by atoms with E-state index in [1.54, 1.807) is 0 Å². The minimum Gasteiger partial charge on any atom is -0.0654 e. The summed E-state index contributed by atoms with van der Waals surface area (Å²) in [7, 11) is 0. The Bertz CT molecular complexity index is 219. The van der Waals surface area contributed by atoms with Gasteiger partial charge in [0, 0.05) is 6.42 Å². The van der Waals surface area contributed by atoms with Crippen molar-refractivity contribution in [3.05, 3.63) is 42.3 Å². The first-order valence-corrected chi connectivity index (χ1v) is 5.68. The van der Waals surface area contributed by atoms with Crippen molar-refractivity contribution in [3.8, 4) is 0 Å². The molecule has 0 nitrogen and oxygen atoms in total. The van der Waals surface area contributed by atoms with Gasteiger partial charge in [0.1, 0.15) is 0 Å². The summed E-state index contributed by atoms with van der Waals surface area (Å²) >= 11 is 0. The van der Waals surface area contributed by atoms with Crippen molar-refractivity contribution in [2.45, 2.75) is 39.5 Å². The normalized spacial score (nSPS) is 10.8. The van der Waals surface area contributed by atoms with E-state index >= 15 is 0 Å². The Morgan fingerprint density at radius 1 is 1.00 bits per heavy atom. The maximum absolute atomic E-state index is 3.58. The van der Waals surface area contributed by atoms with Crippen LogP contribution in [0.4, 0.5) is 0 Å². The fourth-order valence-corrected chi connectivity index (χ4v) is 1.76. The van der Waals surface area contributed by atoms with Crippen LogP contribution in [0.15, 0.2) is 30.3 Å². The van der Waals surface area contributed by atoms with Crippen molar-refractivity contribution < 1.29 is 0 Å². The van der Waals surface area contributed by atoms with Gasteiger partial charge in [-0.3, -0.25) is 0 Å². The maximum atomic E-state index is 3.58. The van der Waals surface area contributed by atoms with E-state index in [-0.39, 0.29) is 0 Å². The summed E-state index contributed by atoms with van der Waals surface area (Å²) in [5.74, 6) is 0.646. The summed E-state index contributed by atoms with van der Waals surface area (Å²) in [6.07, 6.45) is 8.62. The van der Waals surface area contributed by atoms with Crippen LogP contribution in [0, 0.1) is 12.3 Å². The lowest BCUT2D eigenvalue weighted by atomic mass is 9.91. The van der Waals surface area contributed by atoms with Gasteiger partial charge in [0.2, 0.25) is 0 Å². The van der Waals surface area contributed by atoms with Crippen molar-refractivity contribution >= 4 is 0 Å². The predicted molar refractivity (Wildman–Crippen MR) is 62.1 cm³/mol. The Balaban J connectivity index is 2.46. The van der Waals surface area contributed by atoms with Crippen LogP contribution in [-0.2, 0) is 0 Å². The molecule has 1 aromatic rings. The molecule has 1 aromatic carbocycles. The number of hydrogen-bond donors (Lipinski definition) is 0. The average Bonchev–Trinajstić information content (AvgIpc) is 2.20. The molecule has 0 spiro atoms. The first kappa shape index (κ1) is 11.3. The summed E-state index contributed by atoms with van der Waals surface area (Å²) in [4.78, 5) is 0. The van der Waals surface area contributed by atoms with E-state index in [0.717, 1.165) is 0 Å². The second-order valence-corrected chi connectivity index (χ2v) is 3.78. The van der Waals surface area contributed by atoms with Gasteiger partial charge in [-0.25, -0.2) is 0 Å². The predicted octanol–water partition coefficient (Wildman–Crippen LogP) is 4.33. The number of rotatable bonds is 6. The van der Waals surface area contributed by atoms with Crippen molar-refractivity contribution in [2.24, 2.45) is 5.92 Å². The third-order valence-corrected chi connectivity index (χ3v) is 2.42. The SMILES string of the molecule is CCCC([C]c1ccccc1)CCC. The van der Waals surface area contributed by atoms with Crippen LogP contribution >= 0.6 is 0 Å².